The van der Waals surface area contributed by atoms with Crippen LogP contribution in [0.5, 0.6) is 0 Å². The normalized spacial score (nSPS) is 26.1. The van der Waals surface area contributed by atoms with Crippen molar-refractivity contribution in [1.29, 1.82) is 0 Å². The van der Waals surface area contributed by atoms with Gasteiger partial charge < -0.3 is 4.74 Å². The molecule has 0 saturated carbocycles. The van der Waals surface area contributed by atoms with Crippen LogP contribution in [0.25, 0.3) is 0 Å². The first kappa shape index (κ1) is 16.4. The maximum atomic E-state index is 10.6. The minimum absolute atomic E-state index is 0.252. The van der Waals surface area contributed by atoms with E-state index in [2.05, 4.69) is 38.2 Å². The van der Waals surface area contributed by atoms with E-state index in [0.717, 1.165) is 5.54 Å². The molecule has 100 valence electrons. The molecule has 0 aromatic carbocycles. The lowest BCUT2D eigenvalue weighted by atomic mass is 10.00. The molecule has 1 rings (SSSR count). The number of esters is 2. The average molecular weight is 258 g/mol. The van der Waals surface area contributed by atoms with Gasteiger partial charge in [-0.1, -0.05) is 53.8 Å². The number of carbonyl (C=O) groups excluding carboxylic acids is 2. The van der Waals surface area contributed by atoms with Gasteiger partial charge in [-0.2, -0.15) is 0 Å². The van der Waals surface area contributed by atoms with Gasteiger partial charge in [0.25, 0.3) is 0 Å². The zero-order valence-electron chi connectivity index (χ0n) is 12.2. The van der Waals surface area contributed by atoms with Crippen LogP contribution in [0.3, 0.4) is 0 Å². The largest absolute Gasteiger partial charge is 0.393 e. The topological polar surface area (TPSA) is 43.4 Å². The summed E-state index contributed by atoms with van der Waals surface area (Å²) in [7, 11) is -0.761. The predicted molar refractivity (Wildman–Crippen MR) is 72.5 cm³/mol. The zero-order chi connectivity index (χ0) is 13.8. The summed E-state index contributed by atoms with van der Waals surface area (Å²) in [6.45, 7) is 15.3. The molecule has 0 bridgehead atoms. The van der Waals surface area contributed by atoms with Crippen molar-refractivity contribution in [2.24, 2.45) is 11.8 Å². The molecule has 1 aliphatic heterocycles. The van der Waals surface area contributed by atoms with Crippen LogP contribution in [0, 0.1) is 11.8 Å². The van der Waals surface area contributed by atoms with Gasteiger partial charge in [0, 0.05) is 8.07 Å². The second kappa shape index (κ2) is 6.33. The highest BCUT2D eigenvalue weighted by Gasteiger charge is 2.37. The van der Waals surface area contributed by atoms with Crippen LogP contribution in [0.2, 0.25) is 25.2 Å². The molecule has 3 nitrogen and oxygen atoms in total. The SMILES string of the molecule is CC1C(=O)OC(=O)C1C.CCC(C)[Si](C)(C)C. The molecule has 0 radical (unpaired) electrons. The molecule has 3 unspecified atom stereocenters. The highest BCUT2D eigenvalue weighted by Crippen LogP contribution is 2.23. The predicted octanol–water partition coefficient (Wildman–Crippen LogP) is 3.47. The van der Waals surface area contributed by atoms with E-state index in [1.54, 1.807) is 13.8 Å². The summed E-state index contributed by atoms with van der Waals surface area (Å²) in [6, 6.07) is 0. The van der Waals surface area contributed by atoms with Crippen molar-refractivity contribution < 1.29 is 14.3 Å². The Morgan fingerprint density at radius 1 is 1.12 bits per heavy atom. The Hall–Kier alpha value is -0.643. The number of hydrogen-bond donors (Lipinski definition) is 0. The van der Waals surface area contributed by atoms with Crippen molar-refractivity contribution in [3.05, 3.63) is 0 Å². The molecular formula is C13H26O3Si. The Morgan fingerprint density at radius 3 is 1.53 bits per heavy atom. The standard InChI is InChI=1S/C7H18Si.C6H8O3/c1-6-7(2)8(3,4)5;1-3-4(2)6(8)9-5(3)7/h7H,6H2,1-5H3;3-4H,1-2H3. The molecule has 1 heterocycles. The molecule has 17 heavy (non-hydrogen) atoms. The van der Waals surface area contributed by atoms with E-state index in [4.69, 9.17) is 0 Å². The van der Waals surface area contributed by atoms with E-state index in [1.807, 2.05) is 0 Å². The summed E-state index contributed by atoms with van der Waals surface area (Å²) >= 11 is 0. The van der Waals surface area contributed by atoms with Crippen molar-refractivity contribution >= 4 is 20.0 Å². The lowest BCUT2D eigenvalue weighted by Crippen LogP contribution is -2.25. The summed E-state index contributed by atoms with van der Waals surface area (Å²) in [6.07, 6.45) is 1.36. The quantitative estimate of drug-likeness (QED) is 0.433. The van der Waals surface area contributed by atoms with E-state index in [9.17, 15) is 9.59 Å². The number of hydrogen-bond acceptors (Lipinski definition) is 3. The third kappa shape index (κ3) is 5.02. The fourth-order valence-corrected chi connectivity index (χ4v) is 2.53. The Kier molecular flexibility index (Phi) is 6.09. The van der Waals surface area contributed by atoms with Crippen LogP contribution < -0.4 is 0 Å². The van der Waals surface area contributed by atoms with Gasteiger partial charge in [-0.3, -0.25) is 9.59 Å². The van der Waals surface area contributed by atoms with E-state index in [1.165, 1.54) is 6.42 Å². The molecule has 4 heteroatoms. The molecular weight excluding hydrogens is 232 g/mol. The van der Waals surface area contributed by atoms with Crippen LogP contribution in [0.4, 0.5) is 0 Å². The second-order valence-corrected chi connectivity index (χ2v) is 11.7. The Bertz CT molecular complexity index is 263. The van der Waals surface area contributed by atoms with Gasteiger partial charge >= 0.3 is 11.9 Å². The molecule has 1 saturated heterocycles. The van der Waals surface area contributed by atoms with Crippen molar-refractivity contribution in [3.8, 4) is 0 Å². The van der Waals surface area contributed by atoms with Crippen LogP contribution in [0.1, 0.15) is 34.1 Å². The number of carbonyl (C=O) groups is 2. The molecule has 0 aromatic rings. The number of rotatable bonds is 2. The average Bonchev–Trinajstić information content (AvgIpc) is 2.44. The minimum atomic E-state index is -0.761. The summed E-state index contributed by atoms with van der Waals surface area (Å²) in [5.41, 5.74) is 0.988. The van der Waals surface area contributed by atoms with Crippen molar-refractivity contribution in [2.45, 2.75) is 59.3 Å². The van der Waals surface area contributed by atoms with Gasteiger partial charge in [0.2, 0.25) is 0 Å². The molecule has 0 spiro atoms. The summed E-state index contributed by atoms with van der Waals surface area (Å²) < 4.78 is 4.31. The lowest BCUT2D eigenvalue weighted by Gasteiger charge is -2.23. The van der Waals surface area contributed by atoms with Gasteiger partial charge in [0.05, 0.1) is 11.8 Å². The van der Waals surface area contributed by atoms with Gasteiger partial charge in [0.1, 0.15) is 0 Å². The number of cyclic esters (lactones) is 2. The molecule has 3 atom stereocenters. The van der Waals surface area contributed by atoms with Gasteiger partial charge in [0.15, 0.2) is 0 Å². The molecule has 0 amide bonds. The van der Waals surface area contributed by atoms with Crippen LogP contribution >= 0.6 is 0 Å². The van der Waals surface area contributed by atoms with Gasteiger partial charge in [-0.25, -0.2) is 0 Å². The fourth-order valence-electron chi connectivity index (χ4n) is 1.31. The Balaban J connectivity index is 0.000000304. The van der Waals surface area contributed by atoms with Gasteiger partial charge in [-0.15, -0.1) is 0 Å². The monoisotopic (exact) mass is 258 g/mol. The smallest absolute Gasteiger partial charge is 0.317 e. The van der Waals surface area contributed by atoms with E-state index in [0.29, 0.717) is 0 Å². The second-order valence-electron chi connectivity index (χ2n) is 5.99. The molecule has 1 aliphatic rings. The highest BCUT2D eigenvalue weighted by atomic mass is 28.3. The summed E-state index contributed by atoms with van der Waals surface area (Å²) in [5, 5.41) is 0. The third-order valence-corrected chi connectivity index (χ3v) is 7.15. The Labute approximate surface area is 106 Å². The van der Waals surface area contributed by atoms with Crippen molar-refractivity contribution in [3.63, 3.8) is 0 Å². The van der Waals surface area contributed by atoms with E-state index < -0.39 is 20.0 Å². The molecule has 1 fully saturated rings. The maximum absolute atomic E-state index is 10.6. The molecule has 0 aromatic heterocycles. The van der Waals surface area contributed by atoms with Crippen molar-refractivity contribution in [1.82, 2.24) is 0 Å². The zero-order valence-corrected chi connectivity index (χ0v) is 13.2. The van der Waals surface area contributed by atoms with Crippen LogP contribution in [0.15, 0.2) is 0 Å². The van der Waals surface area contributed by atoms with E-state index in [-0.39, 0.29) is 11.8 Å². The number of ether oxygens (including phenoxy) is 1. The maximum Gasteiger partial charge on any atom is 0.317 e. The Morgan fingerprint density at radius 2 is 1.47 bits per heavy atom. The lowest BCUT2D eigenvalue weighted by molar-refractivity contribution is -0.153. The van der Waals surface area contributed by atoms with Crippen LogP contribution in [-0.2, 0) is 14.3 Å². The minimum Gasteiger partial charge on any atom is -0.393 e. The fraction of sp³-hybridized carbons (Fsp3) is 0.846. The summed E-state index contributed by atoms with van der Waals surface area (Å²) in [5.74, 6) is -1.30. The van der Waals surface area contributed by atoms with Gasteiger partial charge in [-0.05, 0) is 5.54 Å². The molecule has 0 N–H and O–H groups in total. The van der Waals surface area contributed by atoms with Crippen molar-refractivity contribution in [2.75, 3.05) is 0 Å². The van der Waals surface area contributed by atoms with E-state index >= 15 is 0 Å². The summed E-state index contributed by atoms with van der Waals surface area (Å²) in [4.78, 5) is 21.1. The first-order chi connectivity index (χ1) is 7.61. The molecule has 0 aliphatic carbocycles. The highest BCUT2D eigenvalue weighted by molar-refractivity contribution is 6.77. The third-order valence-electron chi connectivity index (χ3n) is 3.79. The van der Waals surface area contributed by atoms with Crippen LogP contribution in [-0.4, -0.2) is 20.0 Å². The first-order valence-electron chi connectivity index (χ1n) is 6.36. The first-order valence-corrected chi connectivity index (χ1v) is 9.94.